The fourth-order valence-electron chi connectivity index (χ4n) is 1.15. The van der Waals surface area contributed by atoms with Crippen LogP contribution in [0, 0.1) is 0 Å². The van der Waals surface area contributed by atoms with E-state index in [1.54, 1.807) is 6.92 Å². The highest BCUT2D eigenvalue weighted by Gasteiger charge is 2.15. The van der Waals surface area contributed by atoms with Crippen molar-refractivity contribution in [3.63, 3.8) is 0 Å². The minimum Gasteiger partial charge on any atom is -0.478 e. The third-order valence-electron chi connectivity index (χ3n) is 1.79. The number of anilines is 1. The van der Waals surface area contributed by atoms with Crippen molar-refractivity contribution in [3.05, 3.63) is 24.0 Å². The fraction of sp³-hybridized carbons (Fsp3) is 0.333. The maximum atomic E-state index is 11.4. The SMILES string of the molecule is CCCS(=O)(=O)Nc1cnccc1C(=O)O. The Bertz CT molecular complexity index is 484. The van der Waals surface area contributed by atoms with Gasteiger partial charge in [0.15, 0.2) is 0 Å². The topological polar surface area (TPSA) is 96.4 Å². The van der Waals surface area contributed by atoms with E-state index in [9.17, 15) is 13.2 Å². The number of nitrogens with one attached hydrogen (secondary N) is 1. The van der Waals surface area contributed by atoms with E-state index in [4.69, 9.17) is 5.11 Å². The Balaban J connectivity index is 3.02. The molecular formula is C9H12N2O4S. The van der Waals surface area contributed by atoms with Crippen molar-refractivity contribution in [1.82, 2.24) is 4.98 Å². The standard InChI is InChI=1S/C9H12N2O4S/c1-2-5-16(14,15)11-8-6-10-4-3-7(8)9(12)13/h3-4,6,11H,2,5H2,1H3,(H,12,13). The molecule has 88 valence electrons. The number of pyridine rings is 1. The number of carbonyl (C=O) groups is 1. The molecule has 1 heterocycles. The Kier molecular flexibility index (Phi) is 3.83. The fourth-order valence-corrected chi connectivity index (χ4v) is 2.29. The molecule has 1 aromatic heterocycles. The lowest BCUT2D eigenvalue weighted by molar-refractivity contribution is 0.0698. The Morgan fingerprint density at radius 2 is 2.25 bits per heavy atom. The van der Waals surface area contributed by atoms with Crippen molar-refractivity contribution in [1.29, 1.82) is 0 Å². The summed E-state index contributed by atoms with van der Waals surface area (Å²) in [6, 6.07) is 1.24. The van der Waals surface area contributed by atoms with Crippen LogP contribution in [0.5, 0.6) is 0 Å². The van der Waals surface area contributed by atoms with E-state index >= 15 is 0 Å². The smallest absolute Gasteiger partial charge is 0.337 e. The number of hydrogen-bond donors (Lipinski definition) is 2. The van der Waals surface area contributed by atoms with Crippen LogP contribution < -0.4 is 4.72 Å². The quantitative estimate of drug-likeness (QED) is 0.803. The molecule has 0 unspecified atom stereocenters. The van der Waals surface area contributed by atoms with Crippen LogP contribution in [0.25, 0.3) is 0 Å². The first kappa shape index (κ1) is 12.4. The highest BCUT2D eigenvalue weighted by atomic mass is 32.2. The summed E-state index contributed by atoms with van der Waals surface area (Å²) in [6.07, 6.45) is 2.93. The molecule has 0 aliphatic rings. The van der Waals surface area contributed by atoms with Gasteiger partial charge in [0.2, 0.25) is 10.0 Å². The van der Waals surface area contributed by atoms with Crippen LogP contribution in [0.2, 0.25) is 0 Å². The Morgan fingerprint density at radius 1 is 1.56 bits per heavy atom. The summed E-state index contributed by atoms with van der Waals surface area (Å²) >= 11 is 0. The minimum absolute atomic E-state index is 0.0107. The van der Waals surface area contributed by atoms with Crippen LogP contribution in [0.15, 0.2) is 18.5 Å². The third-order valence-corrected chi connectivity index (χ3v) is 3.27. The summed E-state index contributed by atoms with van der Waals surface area (Å²) in [4.78, 5) is 14.5. The molecule has 0 saturated carbocycles. The van der Waals surface area contributed by atoms with Crippen LogP contribution in [-0.2, 0) is 10.0 Å². The lowest BCUT2D eigenvalue weighted by Gasteiger charge is -2.08. The third kappa shape index (κ3) is 3.20. The van der Waals surface area contributed by atoms with Gasteiger partial charge in [0, 0.05) is 6.20 Å². The number of sulfonamides is 1. The average molecular weight is 244 g/mol. The molecule has 1 aromatic rings. The minimum atomic E-state index is -3.49. The molecule has 0 bridgehead atoms. The molecule has 1 rings (SSSR count). The molecule has 7 heteroatoms. The van der Waals surface area contributed by atoms with Gasteiger partial charge in [0.05, 0.1) is 23.2 Å². The molecule has 0 spiro atoms. The molecule has 0 radical (unpaired) electrons. The average Bonchev–Trinajstić information content (AvgIpc) is 2.17. The lowest BCUT2D eigenvalue weighted by Crippen LogP contribution is -2.18. The Morgan fingerprint density at radius 3 is 2.81 bits per heavy atom. The maximum Gasteiger partial charge on any atom is 0.337 e. The molecule has 0 aliphatic carbocycles. The van der Waals surface area contributed by atoms with Gasteiger partial charge in [-0.1, -0.05) is 6.92 Å². The zero-order valence-electron chi connectivity index (χ0n) is 8.67. The van der Waals surface area contributed by atoms with E-state index in [2.05, 4.69) is 9.71 Å². The highest BCUT2D eigenvalue weighted by molar-refractivity contribution is 7.92. The van der Waals surface area contributed by atoms with Crippen molar-refractivity contribution in [2.24, 2.45) is 0 Å². The van der Waals surface area contributed by atoms with Crippen molar-refractivity contribution in [3.8, 4) is 0 Å². The molecule has 0 atom stereocenters. The second-order valence-corrected chi connectivity index (χ2v) is 4.99. The van der Waals surface area contributed by atoms with Gasteiger partial charge in [0.1, 0.15) is 0 Å². The summed E-state index contributed by atoms with van der Waals surface area (Å²) in [5.41, 5.74) is -0.127. The molecule has 0 aromatic carbocycles. The highest BCUT2D eigenvalue weighted by Crippen LogP contribution is 2.15. The number of carboxylic acid groups (broad SMARTS) is 1. The van der Waals surface area contributed by atoms with Crippen molar-refractivity contribution < 1.29 is 18.3 Å². The Hall–Kier alpha value is -1.63. The summed E-state index contributed by atoms with van der Waals surface area (Å²) in [5.74, 6) is -1.25. The molecule has 6 nitrogen and oxygen atoms in total. The number of carboxylic acids is 1. The van der Waals surface area contributed by atoms with Crippen LogP contribution in [-0.4, -0.2) is 30.2 Å². The van der Waals surface area contributed by atoms with Gasteiger partial charge in [-0.15, -0.1) is 0 Å². The first-order chi connectivity index (χ1) is 7.46. The van der Waals surface area contributed by atoms with Gasteiger partial charge >= 0.3 is 5.97 Å². The predicted molar refractivity (Wildman–Crippen MR) is 58.9 cm³/mol. The monoisotopic (exact) mass is 244 g/mol. The summed E-state index contributed by atoms with van der Waals surface area (Å²) in [7, 11) is -3.49. The van der Waals surface area contributed by atoms with Gasteiger partial charge in [-0.2, -0.15) is 0 Å². The van der Waals surface area contributed by atoms with Crippen LogP contribution in [0.4, 0.5) is 5.69 Å². The van der Waals surface area contributed by atoms with E-state index < -0.39 is 16.0 Å². The first-order valence-electron chi connectivity index (χ1n) is 4.64. The van der Waals surface area contributed by atoms with Crippen molar-refractivity contribution in [2.45, 2.75) is 13.3 Å². The molecule has 0 fully saturated rings. The second-order valence-electron chi connectivity index (χ2n) is 3.15. The zero-order chi connectivity index (χ0) is 12.2. The van der Waals surface area contributed by atoms with E-state index in [0.717, 1.165) is 0 Å². The van der Waals surface area contributed by atoms with Crippen molar-refractivity contribution in [2.75, 3.05) is 10.5 Å². The molecule has 0 aliphatic heterocycles. The largest absolute Gasteiger partial charge is 0.478 e. The molecule has 0 saturated heterocycles. The van der Waals surface area contributed by atoms with E-state index in [1.807, 2.05) is 0 Å². The van der Waals surface area contributed by atoms with Gasteiger partial charge in [-0.25, -0.2) is 13.2 Å². The van der Waals surface area contributed by atoms with E-state index in [0.29, 0.717) is 6.42 Å². The van der Waals surface area contributed by atoms with Crippen LogP contribution >= 0.6 is 0 Å². The zero-order valence-corrected chi connectivity index (χ0v) is 9.49. The van der Waals surface area contributed by atoms with E-state index in [-0.39, 0.29) is 17.0 Å². The second kappa shape index (κ2) is 4.93. The predicted octanol–water partition coefficient (Wildman–Crippen LogP) is 0.932. The summed E-state index contributed by atoms with van der Waals surface area (Å²) in [5, 5.41) is 8.83. The summed E-state index contributed by atoms with van der Waals surface area (Å²) < 4.78 is 25.1. The number of nitrogens with zero attached hydrogens (tertiary/aromatic N) is 1. The maximum absolute atomic E-state index is 11.4. The van der Waals surface area contributed by atoms with E-state index in [1.165, 1.54) is 18.5 Å². The van der Waals surface area contributed by atoms with Crippen LogP contribution in [0.1, 0.15) is 23.7 Å². The lowest BCUT2D eigenvalue weighted by atomic mass is 10.2. The number of hydrogen-bond acceptors (Lipinski definition) is 4. The van der Waals surface area contributed by atoms with Gasteiger partial charge in [-0.3, -0.25) is 9.71 Å². The molecule has 2 N–H and O–H groups in total. The summed E-state index contributed by atoms with van der Waals surface area (Å²) in [6.45, 7) is 1.72. The molecular weight excluding hydrogens is 232 g/mol. The molecule has 16 heavy (non-hydrogen) atoms. The number of rotatable bonds is 5. The first-order valence-corrected chi connectivity index (χ1v) is 6.29. The number of aromatic nitrogens is 1. The van der Waals surface area contributed by atoms with Gasteiger partial charge < -0.3 is 5.11 Å². The van der Waals surface area contributed by atoms with Gasteiger partial charge in [0.25, 0.3) is 0 Å². The number of aromatic carboxylic acids is 1. The van der Waals surface area contributed by atoms with Crippen LogP contribution in [0.3, 0.4) is 0 Å². The Labute approximate surface area is 93.4 Å². The van der Waals surface area contributed by atoms with Crippen molar-refractivity contribution >= 4 is 21.7 Å². The van der Waals surface area contributed by atoms with Gasteiger partial charge in [-0.05, 0) is 12.5 Å². The normalized spacial score (nSPS) is 11.1. The molecule has 0 amide bonds.